The smallest absolute Gasteiger partial charge is 0.150 e. The molecule has 29 heavy (non-hydrogen) atoms. The van der Waals surface area contributed by atoms with Crippen molar-refractivity contribution >= 4 is 23.1 Å². The minimum atomic E-state index is -0.821. The zero-order chi connectivity index (χ0) is 20.8. The fraction of sp³-hybridized carbons (Fsp3) is 0.125. The van der Waals surface area contributed by atoms with Gasteiger partial charge >= 0.3 is 0 Å². The van der Waals surface area contributed by atoms with E-state index in [0.29, 0.717) is 0 Å². The van der Waals surface area contributed by atoms with E-state index < -0.39 is 17.5 Å². The Kier molecular flexibility index (Phi) is 6.61. The van der Waals surface area contributed by atoms with Gasteiger partial charge in [0.1, 0.15) is 23.1 Å². The van der Waals surface area contributed by atoms with Crippen LogP contribution in [0.4, 0.5) is 18.9 Å². The molecule has 0 atom stereocenters. The molecule has 0 aliphatic rings. The summed E-state index contributed by atoms with van der Waals surface area (Å²) in [7, 11) is 0. The first-order valence-electron chi connectivity index (χ1n) is 8.99. The van der Waals surface area contributed by atoms with Crippen LogP contribution in [0.15, 0.2) is 59.6 Å². The lowest BCUT2D eigenvalue weighted by Gasteiger charge is -2.07. The molecule has 3 aromatic rings. The van der Waals surface area contributed by atoms with E-state index in [1.54, 1.807) is 0 Å². The lowest BCUT2D eigenvalue weighted by molar-refractivity contribution is 0.588. The molecule has 0 fully saturated rings. The summed E-state index contributed by atoms with van der Waals surface area (Å²) >= 11 is 4.44. The fourth-order valence-electron chi connectivity index (χ4n) is 2.91. The number of halogens is 3. The van der Waals surface area contributed by atoms with Gasteiger partial charge in [-0.25, -0.2) is 13.2 Å². The molecule has 0 heterocycles. The van der Waals surface area contributed by atoms with Gasteiger partial charge in [-0.3, -0.25) is 0 Å². The second-order valence-corrected chi connectivity index (χ2v) is 6.56. The highest BCUT2D eigenvalue weighted by Crippen LogP contribution is 2.30. The van der Waals surface area contributed by atoms with Crippen LogP contribution in [0.2, 0.25) is 0 Å². The van der Waals surface area contributed by atoms with E-state index >= 15 is 0 Å². The number of isothiocyanates is 1. The van der Waals surface area contributed by atoms with Gasteiger partial charge in [0.2, 0.25) is 0 Å². The molecule has 0 saturated carbocycles. The molecule has 3 rings (SSSR count). The summed E-state index contributed by atoms with van der Waals surface area (Å²) in [6.45, 7) is 2.11. The summed E-state index contributed by atoms with van der Waals surface area (Å²) in [5.74, 6) is 3.29. The van der Waals surface area contributed by atoms with Crippen molar-refractivity contribution in [2.75, 3.05) is 0 Å². The first-order chi connectivity index (χ1) is 14.0. The van der Waals surface area contributed by atoms with Crippen molar-refractivity contribution in [3.8, 4) is 23.0 Å². The second-order valence-electron chi connectivity index (χ2n) is 6.38. The summed E-state index contributed by atoms with van der Waals surface area (Å²) in [4.78, 5) is 3.55. The Labute approximate surface area is 172 Å². The van der Waals surface area contributed by atoms with Crippen molar-refractivity contribution < 1.29 is 13.2 Å². The number of aryl methyl sites for hydroxylation is 1. The van der Waals surface area contributed by atoms with Crippen LogP contribution in [0.3, 0.4) is 0 Å². The van der Waals surface area contributed by atoms with E-state index in [1.165, 1.54) is 17.7 Å². The third-order valence-corrected chi connectivity index (χ3v) is 4.38. The maximum atomic E-state index is 14.6. The molecule has 1 nitrogen and oxygen atoms in total. The molecular weight excluding hydrogens is 391 g/mol. The molecule has 0 bridgehead atoms. The van der Waals surface area contributed by atoms with Crippen molar-refractivity contribution in [2.24, 2.45) is 4.99 Å². The molecule has 5 heteroatoms. The van der Waals surface area contributed by atoms with Gasteiger partial charge in [-0.15, -0.1) is 0 Å². The molecule has 0 radical (unpaired) electrons. The van der Waals surface area contributed by atoms with Crippen LogP contribution in [0.25, 0.3) is 11.1 Å². The Balaban J connectivity index is 1.90. The molecule has 3 aromatic carbocycles. The van der Waals surface area contributed by atoms with Gasteiger partial charge in [0.25, 0.3) is 0 Å². The van der Waals surface area contributed by atoms with Gasteiger partial charge in [-0.2, -0.15) is 4.99 Å². The summed E-state index contributed by atoms with van der Waals surface area (Å²) < 4.78 is 43.1. The summed E-state index contributed by atoms with van der Waals surface area (Å²) in [5, 5.41) is 2.06. The number of rotatable bonds is 4. The number of benzene rings is 3. The van der Waals surface area contributed by atoms with Crippen LogP contribution in [0, 0.1) is 29.3 Å². The Morgan fingerprint density at radius 1 is 0.828 bits per heavy atom. The Bertz CT molecular complexity index is 1130. The van der Waals surface area contributed by atoms with Crippen LogP contribution in [0.5, 0.6) is 0 Å². The van der Waals surface area contributed by atoms with E-state index in [2.05, 4.69) is 41.1 Å². The van der Waals surface area contributed by atoms with E-state index in [9.17, 15) is 13.2 Å². The molecule has 0 saturated heterocycles. The maximum absolute atomic E-state index is 14.6. The summed E-state index contributed by atoms with van der Waals surface area (Å²) in [6.07, 6.45) is 2.05. The van der Waals surface area contributed by atoms with Crippen molar-refractivity contribution in [1.29, 1.82) is 0 Å². The highest BCUT2D eigenvalue weighted by Gasteiger charge is 2.15. The maximum Gasteiger partial charge on any atom is 0.150 e. The molecule has 144 valence electrons. The molecule has 0 spiro atoms. The molecule has 0 unspecified atom stereocenters. The van der Waals surface area contributed by atoms with Crippen molar-refractivity contribution in [1.82, 2.24) is 0 Å². The zero-order valence-electron chi connectivity index (χ0n) is 15.6. The average molecular weight is 407 g/mol. The standard InChI is InChI=1S/C24H16F3NS/c1-2-3-16-4-6-17(7-5-16)8-9-18-12-21(26)24(22(27)13-18)19-10-11-23(28-15-29)20(25)14-19/h4-7,10-14H,2-3H2,1H3. The molecule has 0 aliphatic carbocycles. The zero-order valence-corrected chi connectivity index (χ0v) is 16.4. The molecule has 0 amide bonds. The van der Waals surface area contributed by atoms with E-state index in [0.717, 1.165) is 36.6 Å². The van der Waals surface area contributed by atoms with Crippen LogP contribution >= 0.6 is 12.2 Å². The molecular formula is C24H16F3NS. The third-order valence-electron chi connectivity index (χ3n) is 4.29. The quantitative estimate of drug-likeness (QED) is 0.261. The van der Waals surface area contributed by atoms with Gasteiger partial charge in [0.15, 0.2) is 0 Å². The molecule has 0 aromatic heterocycles. The van der Waals surface area contributed by atoms with Gasteiger partial charge in [0.05, 0.1) is 10.7 Å². The normalized spacial score (nSPS) is 10.1. The lowest BCUT2D eigenvalue weighted by Crippen LogP contribution is -1.93. The van der Waals surface area contributed by atoms with Gasteiger partial charge in [-0.1, -0.05) is 43.4 Å². The number of hydrogen-bond donors (Lipinski definition) is 0. The summed E-state index contributed by atoms with van der Waals surface area (Å²) in [5.41, 5.74) is 1.87. The van der Waals surface area contributed by atoms with E-state index in [-0.39, 0.29) is 22.4 Å². The molecule has 0 aliphatic heterocycles. The number of aliphatic imine (C=N–C) groups is 1. The van der Waals surface area contributed by atoms with E-state index in [4.69, 9.17) is 0 Å². The van der Waals surface area contributed by atoms with Gasteiger partial charge in [0, 0.05) is 11.1 Å². The SMILES string of the molecule is CCCc1ccc(C#Cc2cc(F)c(-c3ccc(N=C=S)c(F)c3)c(F)c2)cc1. The molecule has 0 N–H and O–H groups in total. The third kappa shape index (κ3) is 5.00. The van der Waals surface area contributed by atoms with Crippen LogP contribution in [0.1, 0.15) is 30.0 Å². The average Bonchev–Trinajstić information content (AvgIpc) is 2.69. The van der Waals surface area contributed by atoms with Crippen LogP contribution in [-0.4, -0.2) is 5.16 Å². The first kappa shape index (κ1) is 20.5. The minimum Gasteiger partial charge on any atom is -0.206 e. The minimum absolute atomic E-state index is 0.0444. The Morgan fingerprint density at radius 3 is 2.07 bits per heavy atom. The van der Waals surface area contributed by atoms with Crippen molar-refractivity contribution in [2.45, 2.75) is 19.8 Å². The Hall–Kier alpha value is -3.19. The monoisotopic (exact) mass is 407 g/mol. The van der Waals surface area contributed by atoms with Crippen LogP contribution in [-0.2, 0) is 6.42 Å². The van der Waals surface area contributed by atoms with Crippen molar-refractivity contribution in [3.05, 3.63) is 88.7 Å². The van der Waals surface area contributed by atoms with E-state index in [1.807, 2.05) is 24.3 Å². The van der Waals surface area contributed by atoms with Crippen LogP contribution < -0.4 is 0 Å². The predicted molar refractivity (Wildman–Crippen MR) is 113 cm³/mol. The largest absolute Gasteiger partial charge is 0.206 e. The highest BCUT2D eigenvalue weighted by atomic mass is 32.1. The number of thiocarbonyl (C=S) groups is 1. The Morgan fingerprint density at radius 2 is 1.48 bits per heavy atom. The van der Waals surface area contributed by atoms with Gasteiger partial charge < -0.3 is 0 Å². The number of hydrogen-bond acceptors (Lipinski definition) is 2. The highest BCUT2D eigenvalue weighted by molar-refractivity contribution is 7.78. The first-order valence-corrected chi connectivity index (χ1v) is 9.40. The van der Waals surface area contributed by atoms with Gasteiger partial charge in [-0.05, 0) is 66.2 Å². The van der Waals surface area contributed by atoms with Crippen molar-refractivity contribution in [3.63, 3.8) is 0 Å². The lowest BCUT2D eigenvalue weighted by atomic mass is 10.0. The topological polar surface area (TPSA) is 12.4 Å². The summed E-state index contributed by atoms with van der Waals surface area (Å²) in [6, 6.07) is 13.7. The number of nitrogens with zero attached hydrogens (tertiary/aromatic N) is 1. The fourth-order valence-corrected chi connectivity index (χ4v) is 3.01. The second kappa shape index (κ2) is 9.34. The predicted octanol–water partition coefficient (Wildman–Crippen LogP) is 6.86.